The third-order valence-corrected chi connectivity index (χ3v) is 3.47. The summed E-state index contributed by atoms with van der Waals surface area (Å²) >= 11 is 0. The molecule has 6 nitrogen and oxygen atoms in total. The number of aromatic hydroxyl groups is 1. The largest absolute Gasteiger partial charge is 0.508 e. The maximum atomic E-state index is 12.3. The fraction of sp³-hybridized carbons (Fsp3) is 0.263. The predicted molar refractivity (Wildman–Crippen MR) is 92.9 cm³/mol. The molecule has 0 aliphatic carbocycles. The molecule has 2 rings (SSSR count). The zero-order valence-electron chi connectivity index (χ0n) is 14.1. The van der Waals surface area contributed by atoms with Crippen molar-refractivity contribution < 1.29 is 24.5 Å². The van der Waals surface area contributed by atoms with Crippen LogP contribution in [0.15, 0.2) is 48.5 Å². The third kappa shape index (κ3) is 5.53. The van der Waals surface area contributed by atoms with Crippen LogP contribution in [0.2, 0.25) is 0 Å². The van der Waals surface area contributed by atoms with E-state index < -0.39 is 17.9 Å². The highest BCUT2D eigenvalue weighted by Gasteiger charge is 2.21. The molecule has 132 valence electrons. The van der Waals surface area contributed by atoms with Gasteiger partial charge in [-0.1, -0.05) is 12.1 Å². The summed E-state index contributed by atoms with van der Waals surface area (Å²) in [4.78, 5) is 23.7. The Bertz CT molecular complexity index is 722. The number of carboxylic acids is 1. The molecule has 0 saturated carbocycles. The van der Waals surface area contributed by atoms with Crippen LogP contribution in [0.25, 0.3) is 0 Å². The number of carboxylic acid groups (broad SMARTS) is 1. The van der Waals surface area contributed by atoms with Crippen LogP contribution in [0.5, 0.6) is 11.5 Å². The normalized spacial score (nSPS) is 11.8. The molecule has 2 aromatic rings. The van der Waals surface area contributed by atoms with Gasteiger partial charge in [-0.25, -0.2) is 4.79 Å². The number of hydrogen-bond donors (Lipinski definition) is 3. The predicted octanol–water partition coefficient (Wildman–Crippen LogP) is 2.61. The second-order valence-electron chi connectivity index (χ2n) is 5.93. The molecule has 2 aromatic carbocycles. The number of carbonyl (C=O) groups excluding carboxylic acids is 1. The number of phenolic OH excluding ortho intramolecular Hbond substituents is 1. The van der Waals surface area contributed by atoms with Crippen LogP contribution >= 0.6 is 0 Å². The van der Waals surface area contributed by atoms with Crippen molar-refractivity contribution >= 4 is 11.9 Å². The fourth-order valence-electron chi connectivity index (χ4n) is 2.27. The molecular formula is C19H21NO5. The van der Waals surface area contributed by atoms with Crippen LogP contribution in [-0.4, -0.2) is 34.2 Å². The lowest BCUT2D eigenvalue weighted by atomic mass is 10.1. The van der Waals surface area contributed by atoms with Crippen LogP contribution in [0.3, 0.4) is 0 Å². The number of phenols is 1. The Morgan fingerprint density at radius 3 is 2.16 bits per heavy atom. The molecule has 25 heavy (non-hydrogen) atoms. The number of benzene rings is 2. The Balaban J connectivity index is 2.04. The zero-order valence-corrected chi connectivity index (χ0v) is 14.1. The minimum Gasteiger partial charge on any atom is -0.508 e. The van der Waals surface area contributed by atoms with Crippen molar-refractivity contribution in [2.24, 2.45) is 0 Å². The lowest BCUT2D eigenvalue weighted by Crippen LogP contribution is -2.42. The van der Waals surface area contributed by atoms with E-state index in [1.807, 2.05) is 13.8 Å². The van der Waals surface area contributed by atoms with Crippen molar-refractivity contribution in [3.05, 3.63) is 59.7 Å². The number of ether oxygens (including phenoxy) is 1. The first kappa shape index (κ1) is 18.3. The highest BCUT2D eigenvalue weighted by Crippen LogP contribution is 2.15. The molecule has 1 unspecified atom stereocenters. The minimum absolute atomic E-state index is 0.0291. The van der Waals surface area contributed by atoms with Gasteiger partial charge < -0.3 is 20.3 Å². The van der Waals surface area contributed by atoms with E-state index in [-0.39, 0.29) is 18.3 Å². The summed E-state index contributed by atoms with van der Waals surface area (Å²) in [5, 5.41) is 21.1. The summed E-state index contributed by atoms with van der Waals surface area (Å²) in [6.07, 6.45) is 0.150. The highest BCUT2D eigenvalue weighted by atomic mass is 16.5. The Morgan fingerprint density at radius 1 is 1.04 bits per heavy atom. The van der Waals surface area contributed by atoms with Crippen LogP contribution < -0.4 is 10.1 Å². The summed E-state index contributed by atoms with van der Waals surface area (Å²) in [5.41, 5.74) is 1.05. The zero-order chi connectivity index (χ0) is 18.4. The van der Waals surface area contributed by atoms with E-state index in [1.165, 1.54) is 12.1 Å². The summed E-state index contributed by atoms with van der Waals surface area (Å²) in [5.74, 6) is -0.850. The third-order valence-electron chi connectivity index (χ3n) is 3.47. The molecule has 0 fully saturated rings. The first-order valence-corrected chi connectivity index (χ1v) is 7.93. The smallest absolute Gasteiger partial charge is 0.326 e. The first-order chi connectivity index (χ1) is 11.8. The summed E-state index contributed by atoms with van der Waals surface area (Å²) in [6.45, 7) is 3.81. The summed E-state index contributed by atoms with van der Waals surface area (Å²) in [7, 11) is 0. The van der Waals surface area contributed by atoms with E-state index in [9.17, 15) is 19.8 Å². The molecule has 0 radical (unpaired) electrons. The van der Waals surface area contributed by atoms with E-state index >= 15 is 0 Å². The number of amides is 1. The van der Waals surface area contributed by atoms with E-state index in [0.717, 1.165) is 0 Å². The van der Waals surface area contributed by atoms with Crippen molar-refractivity contribution in [1.29, 1.82) is 0 Å². The minimum atomic E-state index is -1.12. The molecular weight excluding hydrogens is 322 g/mol. The van der Waals surface area contributed by atoms with Gasteiger partial charge >= 0.3 is 5.97 Å². The highest BCUT2D eigenvalue weighted by molar-refractivity contribution is 5.96. The van der Waals surface area contributed by atoms with Gasteiger partial charge in [0.1, 0.15) is 17.5 Å². The number of aliphatic carboxylic acids is 1. The molecule has 0 heterocycles. The number of rotatable bonds is 7. The molecule has 3 N–H and O–H groups in total. The maximum absolute atomic E-state index is 12.3. The molecule has 0 aromatic heterocycles. The van der Waals surface area contributed by atoms with Gasteiger partial charge in [-0.3, -0.25) is 4.79 Å². The van der Waals surface area contributed by atoms with Gasteiger partial charge in [-0.05, 0) is 55.8 Å². The number of nitrogens with one attached hydrogen (secondary N) is 1. The number of carbonyl (C=O) groups is 2. The SMILES string of the molecule is CC(C)Oc1ccc(C(=O)NC(Cc2ccc(O)cc2)C(=O)O)cc1. The maximum Gasteiger partial charge on any atom is 0.326 e. The molecule has 0 saturated heterocycles. The molecule has 6 heteroatoms. The van der Waals surface area contributed by atoms with Crippen LogP contribution in [0.1, 0.15) is 29.8 Å². The fourth-order valence-corrected chi connectivity index (χ4v) is 2.27. The van der Waals surface area contributed by atoms with Gasteiger partial charge in [0.15, 0.2) is 0 Å². The Morgan fingerprint density at radius 2 is 1.64 bits per heavy atom. The summed E-state index contributed by atoms with van der Waals surface area (Å²) < 4.78 is 5.51. The second-order valence-corrected chi connectivity index (χ2v) is 5.93. The van der Waals surface area contributed by atoms with Gasteiger partial charge in [-0.15, -0.1) is 0 Å². The van der Waals surface area contributed by atoms with Crippen molar-refractivity contribution in [3.63, 3.8) is 0 Å². The van der Waals surface area contributed by atoms with E-state index in [1.54, 1.807) is 36.4 Å². The Labute approximate surface area is 146 Å². The van der Waals surface area contributed by atoms with Gasteiger partial charge in [0, 0.05) is 12.0 Å². The molecule has 0 aliphatic heterocycles. The average molecular weight is 343 g/mol. The first-order valence-electron chi connectivity index (χ1n) is 7.93. The molecule has 0 spiro atoms. The Hall–Kier alpha value is -3.02. The standard InChI is InChI=1S/C19H21NO5/c1-12(2)25-16-9-5-14(6-10-16)18(22)20-17(19(23)24)11-13-3-7-15(21)8-4-13/h3-10,12,17,21H,11H2,1-2H3,(H,20,22)(H,23,24). The average Bonchev–Trinajstić information content (AvgIpc) is 2.56. The quantitative estimate of drug-likeness (QED) is 0.718. The molecule has 1 amide bonds. The van der Waals surface area contributed by atoms with E-state index in [2.05, 4.69) is 5.32 Å². The topological polar surface area (TPSA) is 95.9 Å². The monoisotopic (exact) mass is 343 g/mol. The van der Waals surface area contributed by atoms with Gasteiger partial charge in [0.05, 0.1) is 6.10 Å². The van der Waals surface area contributed by atoms with Crippen LogP contribution in [0, 0.1) is 0 Å². The van der Waals surface area contributed by atoms with Crippen molar-refractivity contribution in [1.82, 2.24) is 5.32 Å². The number of hydrogen-bond acceptors (Lipinski definition) is 4. The summed E-state index contributed by atoms with van der Waals surface area (Å²) in [6, 6.07) is 11.6. The van der Waals surface area contributed by atoms with Gasteiger partial charge in [0.2, 0.25) is 0 Å². The molecule has 0 aliphatic rings. The van der Waals surface area contributed by atoms with Crippen LogP contribution in [-0.2, 0) is 11.2 Å². The molecule has 1 atom stereocenters. The lowest BCUT2D eigenvalue weighted by molar-refractivity contribution is -0.139. The van der Waals surface area contributed by atoms with Gasteiger partial charge in [0.25, 0.3) is 5.91 Å². The Kier molecular flexibility index (Phi) is 6.00. The van der Waals surface area contributed by atoms with Crippen LogP contribution in [0.4, 0.5) is 0 Å². The van der Waals surface area contributed by atoms with E-state index in [4.69, 9.17) is 4.74 Å². The second kappa shape index (κ2) is 8.19. The van der Waals surface area contributed by atoms with Crippen molar-refractivity contribution in [2.75, 3.05) is 0 Å². The van der Waals surface area contributed by atoms with Crippen molar-refractivity contribution in [2.45, 2.75) is 32.4 Å². The van der Waals surface area contributed by atoms with Crippen molar-refractivity contribution in [3.8, 4) is 11.5 Å². The molecule has 0 bridgehead atoms. The lowest BCUT2D eigenvalue weighted by Gasteiger charge is -2.15. The van der Waals surface area contributed by atoms with E-state index in [0.29, 0.717) is 16.9 Å². The van der Waals surface area contributed by atoms with Gasteiger partial charge in [-0.2, -0.15) is 0 Å².